The maximum atomic E-state index is 13.1. The van der Waals surface area contributed by atoms with Crippen molar-refractivity contribution in [2.24, 2.45) is 0 Å². The van der Waals surface area contributed by atoms with Crippen LogP contribution in [0.15, 0.2) is 36.4 Å². The summed E-state index contributed by atoms with van der Waals surface area (Å²) in [5.74, 6) is -1.40. The van der Waals surface area contributed by atoms with Crippen LogP contribution in [0.5, 0.6) is 5.75 Å². The van der Waals surface area contributed by atoms with Gasteiger partial charge in [0.05, 0.1) is 5.56 Å². The van der Waals surface area contributed by atoms with Crippen LogP contribution in [-0.4, -0.2) is 11.0 Å². The number of aromatic hydroxyl groups is 1. The molecule has 0 aliphatic rings. The summed E-state index contributed by atoms with van der Waals surface area (Å²) < 4.78 is 13.1. The molecular weight excluding hydrogens is 292 g/mol. The number of carbonyl (C=O) groups is 1. The van der Waals surface area contributed by atoms with Gasteiger partial charge in [0.2, 0.25) is 0 Å². The number of rotatable bonds is 2. The molecule has 98 valence electrons. The molecular formula is C13H8Cl2FNO2. The minimum atomic E-state index is -0.610. The first-order valence-electron chi connectivity index (χ1n) is 5.21. The first-order valence-corrected chi connectivity index (χ1v) is 5.97. The van der Waals surface area contributed by atoms with E-state index in [4.69, 9.17) is 23.2 Å². The van der Waals surface area contributed by atoms with E-state index in [1.807, 2.05) is 0 Å². The topological polar surface area (TPSA) is 49.3 Å². The number of hydrogen-bond acceptors (Lipinski definition) is 2. The van der Waals surface area contributed by atoms with Crippen molar-refractivity contribution in [2.75, 3.05) is 5.32 Å². The maximum Gasteiger partial charge on any atom is 0.259 e. The van der Waals surface area contributed by atoms with E-state index in [0.717, 1.165) is 12.1 Å². The van der Waals surface area contributed by atoms with E-state index in [9.17, 15) is 14.3 Å². The molecule has 2 rings (SSSR count). The second kappa shape index (κ2) is 5.47. The zero-order valence-corrected chi connectivity index (χ0v) is 11.0. The van der Waals surface area contributed by atoms with Gasteiger partial charge < -0.3 is 10.4 Å². The van der Waals surface area contributed by atoms with Crippen molar-refractivity contribution >= 4 is 34.8 Å². The number of benzene rings is 2. The third kappa shape index (κ3) is 3.36. The second-order valence-electron chi connectivity index (χ2n) is 3.77. The molecule has 2 aromatic carbocycles. The van der Waals surface area contributed by atoms with Crippen molar-refractivity contribution in [2.45, 2.75) is 0 Å². The summed E-state index contributed by atoms with van der Waals surface area (Å²) in [5.41, 5.74) is 0.183. The number of halogens is 3. The quantitative estimate of drug-likeness (QED) is 0.877. The highest BCUT2D eigenvalue weighted by Gasteiger charge is 2.12. The Hall–Kier alpha value is -1.78. The van der Waals surface area contributed by atoms with Crippen LogP contribution in [0.3, 0.4) is 0 Å². The van der Waals surface area contributed by atoms with Gasteiger partial charge in [-0.15, -0.1) is 0 Å². The van der Waals surface area contributed by atoms with Crippen LogP contribution < -0.4 is 5.32 Å². The monoisotopic (exact) mass is 299 g/mol. The summed E-state index contributed by atoms with van der Waals surface area (Å²) in [5, 5.41) is 12.5. The Balaban J connectivity index is 2.28. The molecule has 0 bridgehead atoms. The average molecular weight is 300 g/mol. The molecule has 0 aliphatic carbocycles. The second-order valence-corrected chi connectivity index (χ2v) is 4.65. The van der Waals surface area contributed by atoms with Crippen LogP contribution in [0.4, 0.5) is 10.1 Å². The normalized spacial score (nSPS) is 10.3. The molecule has 6 heteroatoms. The maximum absolute atomic E-state index is 13.1. The number of hydrogen-bond donors (Lipinski definition) is 2. The number of anilines is 1. The molecule has 0 radical (unpaired) electrons. The van der Waals surface area contributed by atoms with Crippen LogP contribution in [0.1, 0.15) is 10.4 Å². The number of nitrogens with one attached hydrogen (secondary N) is 1. The fraction of sp³-hybridized carbons (Fsp3) is 0. The molecule has 0 aliphatic heterocycles. The SMILES string of the molecule is O=C(Nc1cc(F)cc(Cl)c1)c1cc(Cl)ccc1O. The molecule has 0 fully saturated rings. The molecule has 19 heavy (non-hydrogen) atoms. The van der Waals surface area contributed by atoms with Crippen molar-refractivity contribution in [3.63, 3.8) is 0 Å². The van der Waals surface area contributed by atoms with Crippen molar-refractivity contribution in [3.8, 4) is 5.75 Å². The molecule has 0 heterocycles. The predicted molar refractivity (Wildman–Crippen MR) is 72.5 cm³/mol. The fourth-order valence-corrected chi connectivity index (χ4v) is 1.91. The number of carbonyl (C=O) groups excluding carboxylic acids is 1. The lowest BCUT2D eigenvalue weighted by atomic mass is 10.2. The van der Waals surface area contributed by atoms with Crippen LogP contribution in [0.2, 0.25) is 10.0 Å². The zero-order chi connectivity index (χ0) is 14.0. The molecule has 2 N–H and O–H groups in total. The largest absolute Gasteiger partial charge is 0.507 e. The van der Waals surface area contributed by atoms with Gasteiger partial charge >= 0.3 is 0 Å². The third-order valence-corrected chi connectivity index (χ3v) is 2.78. The molecule has 0 aromatic heterocycles. The molecule has 0 spiro atoms. The van der Waals surface area contributed by atoms with Crippen LogP contribution in [0.25, 0.3) is 0 Å². The van der Waals surface area contributed by atoms with E-state index in [2.05, 4.69) is 5.32 Å². The molecule has 0 atom stereocenters. The highest BCUT2D eigenvalue weighted by molar-refractivity contribution is 6.31. The number of amides is 1. The highest BCUT2D eigenvalue weighted by Crippen LogP contribution is 2.24. The van der Waals surface area contributed by atoms with E-state index in [1.165, 1.54) is 24.3 Å². The Morgan fingerprint density at radius 1 is 1.11 bits per heavy atom. The van der Waals surface area contributed by atoms with Gasteiger partial charge in [0.1, 0.15) is 11.6 Å². The first kappa shape index (κ1) is 13.6. The summed E-state index contributed by atoms with van der Waals surface area (Å²) >= 11 is 11.4. The van der Waals surface area contributed by atoms with Gasteiger partial charge in [-0.05, 0) is 36.4 Å². The van der Waals surface area contributed by atoms with Crippen LogP contribution in [0, 0.1) is 5.82 Å². The Morgan fingerprint density at radius 2 is 1.84 bits per heavy atom. The molecule has 0 unspecified atom stereocenters. The van der Waals surface area contributed by atoms with Gasteiger partial charge in [0.25, 0.3) is 5.91 Å². The van der Waals surface area contributed by atoms with Crippen LogP contribution >= 0.6 is 23.2 Å². The summed E-state index contributed by atoms with van der Waals surface area (Å²) in [6, 6.07) is 7.69. The van der Waals surface area contributed by atoms with Gasteiger partial charge in [-0.25, -0.2) is 4.39 Å². The molecule has 0 saturated heterocycles. The van der Waals surface area contributed by atoms with Gasteiger partial charge in [-0.2, -0.15) is 0 Å². The van der Waals surface area contributed by atoms with Crippen LogP contribution in [-0.2, 0) is 0 Å². The first-order chi connectivity index (χ1) is 8.95. The number of phenolic OH excluding ortho intramolecular Hbond substituents is 1. The van der Waals surface area contributed by atoms with Gasteiger partial charge in [0.15, 0.2) is 0 Å². The number of phenols is 1. The lowest BCUT2D eigenvalue weighted by Gasteiger charge is -2.07. The van der Waals surface area contributed by atoms with E-state index >= 15 is 0 Å². The lowest BCUT2D eigenvalue weighted by Crippen LogP contribution is -2.12. The Bertz CT molecular complexity index is 626. The Kier molecular flexibility index (Phi) is 3.93. The molecule has 1 amide bonds. The Morgan fingerprint density at radius 3 is 2.53 bits per heavy atom. The molecule has 3 nitrogen and oxygen atoms in total. The van der Waals surface area contributed by atoms with Crippen molar-refractivity contribution < 1.29 is 14.3 Å². The lowest BCUT2D eigenvalue weighted by molar-refractivity contribution is 0.102. The fourth-order valence-electron chi connectivity index (χ4n) is 1.51. The highest BCUT2D eigenvalue weighted by atomic mass is 35.5. The van der Waals surface area contributed by atoms with E-state index in [-0.39, 0.29) is 22.0 Å². The smallest absolute Gasteiger partial charge is 0.259 e. The minimum absolute atomic E-state index is 0.00659. The van der Waals surface area contributed by atoms with Gasteiger partial charge in [0, 0.05) is 15.7 Å². The minimum Gasteiger partial charge on any atom is -0.507 e. The van der Waals surface area contributed by atoms with E-state index in [1.54, 1.807) is 0 Å². The molecule has 0 saturated carbocycles. The van der Waals surface area contributed by atoms with Gasteiger partial charge in [-0.3, -0.25) is 4.79 Å². The summed E-state index contributed by atoms with van der Waals surface area (Å²) in [6.45, 7) is 0. The zero-order valence-electron chi connectivity index (χ0n) is 9.45. The van der Waals surface area contributed by atoms with Crippen molar-refractivity contribution in [3.05, 3.63) is 57.8 Å². The average Bonchev–Trinajstić information content (AvgIpc) is 2.30. The summed E-state index contributed by atoms with van der Waals surface area (Å²) in [4.78, 5) is 11.9. The van der Waals surface area contributed by atoms with E-state index < -0.39 is 11.7 Å². The van der Waals surface area contributed by atoms with Crippen molar-refractivity contribution in [1.82, 2.24) is 0 Å². The Labute approximate surface area is 118 Å². The van der Waals surface area contributed by atoms with E-state index in [0.29, 0.717) is 5.02 Å². The van der Waals surface area contributed by atoms with Gasteiger partial charge in [-0.1, -0.05) is 23.2 Å². The molecule has 2 aromatic rings. The summed E-state index contributed by atoms with van der Waals surface area (Å²) in [7, 11) is 0. The van der Waals surface area contributed by atoms with Crippen molar-refractivity contribution in [1.29, 1.82) is 0 Å². The standard InChI is InChI=1S/C13H8Cl2FNO2/c14-7-1-2-12(18)11(5-7)13(19)17-10-4-8(15)3-9(16)6-10/h1-6,18H,(H,17,19). The summed E-state index contributed by atoms with van der Waals surface area (Å²) in [6.07, 6.45) is 0. The third-order valence-electron chi connectivity index (χ3n) is 2.32. The predicted octanol–water partition coefficient (Wildman–Crippen LogP) is 4.09.